The third kappa shape index (κ3) is 2.82. The van der Waals surface area contributed by atoms with Gasteiger partial charge in [0.15, 0.2) is 11.6 Å². The largest absolute Gasteiger partial charge is 0.481 e. The van der Waals surface area contributed by atoms with Gasteiger partial charge in [-0.2, -0.15) is 0 Å². The quantitative estimate of drug-likeness (QED) is 0.763. The van der Waals surface area contributed by atoms with Crippen molar-refractivity contribution < 1.29 is 19.1 Å². The van der Waals surface area contributed by atoms with Gasteiger partial charge in [0.05, 0.1) is 6.42 Å². The van der Waals surface area contributed by atoms with Gasteiger partial charge in [0, 0.05) is 12.5 Å². The highest BCUT2D eigenvalue weighted by Gasteiger charge is 2.25. The summed E-state index contributed by atoms with van der Waals surface area (Å²) in [6, 6.07) is 0.270. The van der Waals surface area contributed by atoms with Gasteiger partial charge in [-0.15, -0.1) is 0 Å². The molecule has 2 N–H and O–H groups in total. The number of rotatable bonds is 5. The first-order valence-electron chi connectivity index (χ1n) is 5.12. The minimum absolute atomic E-state index is 0.0514. The van der Waals surface area contributed by atoms with E-state index < -0.39 is 5.97 Å². The molecule has 1 aromatic rings. The standard InChI is InChI=1S/C10H12N2O4/c13-9(14)4-3-8-12-7(5-16-8)10(15)11-6-1-2-6/h5-6H,1-4H2,(H,11,15)(H,13,14). The van der Waals surface area contributed by atoms with E-state index in [1.807, 2.05) is 0 Å². The monoisotopic (exact) mass is 224 g/mol. The number of oxazole rings is 1. The summed E-state index contributed by atoms with van der Waals surface area (Å²) in [6.45, 7) is 0. The number of aryl methyl sites for hydroxylation is 1. The zero-order valence-electron chi connectivity index (χ0n) is 8.60. The molecule has 6 heteroatoms. The van der Waals surface area contributed by atoms with Crippen LogP contribution < -0.4 is 5.32 Å². The number of aromatic nitrogens is 1. The van der Waals surface area contributed by atoms with E-state index in [-0.39, 0.29) is 36.4 Å². The van der Waals surface area contributed by atoms with Crippen molar-refractivity contribution in [2.75, 3.05) is 0 Å². The maximum atomic E-state index is 11.5. The molecule has 1 aliphatic carbocycles. The first kappa shape index (κ1) is 10.7. The van der Waals surface area contributed by atoms with Gasteiger partial charge in [0.25, 0.3) is 5.91 Å². The summed E-state index contributed by atoms with van der Waals surface area (Å²) in [6.07, 6.45) is 3.43. The highest BCUT2D eigenvalue weighted by atomic mass is 16.4. The Morgan fingerprint density at radius 3 is 2.94 bits per heavy atom. The van der Waals surface area contributed by atoms with Crippen molar-refractivity contribution in [3.05, 3.63) is 17.8 Å². The molecule has 0 bridgehead atoms. The van der Waals surface area contributed by atoms with Crippen molar-refractivity contribution in [2.24, 2.45) is 0 Å². The van der Waals surface area contributed by atoms with Crippen molar-refractivity contribution in [2.45, 2.75) is 31.7 Å². The van der Waals surface area contributed by atoms with Crippen LogP contribution in [0, 0.1) is 0 Å². The maximum absolute atomic E-state index is 11.5. The number of carbonyl (C=O) groups excluding carboxylic acids is 1. The number of carboxylic acids is 1. The molecule has 16 heavy (non-hydrogen) atoms. The molecule has 6 nitrogen and oxygen atoms in total. The van der Waals surface area contributed by atoms with Crippen LogP contribution in [0.25, 0.3) is 0 Å². The summed E-state index contributed by atoms with van der Waals surface area (Å²) in [5.41, 5.74) is 0.215. The maximum Gasteiger partial charge on any atom is 0.303 e. The Kier molecular flexibility index (Phi) is 2.89. The fourth-order valence-electron chi connectivity index (χ4n) is 1.23. The topological polar surface area (TPSA) is 92.4 Å². The molecule has 0 spiro atoms. The Bertz CT molecular complexity index is 409. The fourth-order valence-corrected chi connectivity index (χ4v) is 1.23. The summed E-state index contributed by atoms with van der Waals surface area (Å²) in [5.74, 6) is -0.890. The second-order valence-corrected chi connectivity index (χ2v) is 3.77. The van der Waals surface area contributed by atoms with Crippen LogP contribution in [0.1, 0.15) is 35.6 Å². The molecule has 2 rings (SSSR count). The minimum Gasteiger partial charge on any atom is -0.481 e. The summed E-state index contributed by atoms with van der Waals surface area (Å²) in [5, 5.41) is 11.2. The van der Waals surface area contributed by atoms with Crippen molar-refractivity contribution in [3.8, 4) is 0 Å². The van der Waals surface area contributed by atoms with E-state index in [4.69, 9.17) is 9.52 Å². The molecule has 1 heterocycles. The average molecular weight is 224 g/mol. The number of hydrogen-bond donors (Lipinski definition) is 2. The van der Waals surface area contributed by atoms with Crippen LogP contribution in [0.2, 0.25) is 0 Å². The average Bonchev–Trinajstić information content (AvgIpc) is 2.92. The van der Waals surface area contributed by atoms with E-state index in [9.17, 15) is 9.59 Å². The van der Waals surface area contributed by atoms with Gasteiger partial charge in [-0.05, 0) is 12.8 Å². The first-order chi connectivity index (χ1) is 7.65. The Balaban J connectivity index is 1.90. The summed E-state index contributed by atoms with van der Waals surface area (Å²) in [7, 11) is 0. The fraction of sp³-hybridized carbons (Fsp3) is 0.500. The Morgan fingerprint density at radius 1 is 1.56 bits per heavy atom. The van der Waals surface area contributed by atoms with Gasteiger partial charge in [-0.1, -0.05) is 0 Å². The van der Waals surface area contributed by atoms with Crippen LogP contribution in [0.4, 0.5) is 0 Å². The Morgan fingerprint density at radius 2 is 2.31 bits per heavy atom. The molecule has 1 aliphatic rings. The van der Waals surface area contributed by atoms with Gasteiger partial charge in [0.1, 0.15) is 6.26 Å². The zero-order chi connectivity index (χ0) is 11.5. The second-order valence-electron chi connectivity index (χ2n) is 3.77. The van der Waals surface area contributed by atoms with Gasteiger partial charge in [0.2, 0.25) is 0 Å². The summed E-state index contributed by atoms with van der Waals surface area (Å²) < 4.78 is 5.00. The van der Waals surface area contributed by atoms with Crippen LogP contribution >= 0.6 is 0 Å². The summed E-state index contributed by atoms with van der Waals surface area (Å²) >= 11 is 0. The first-order valence-corrected chi connectivity index (χ1v) is 5.12. The SMILES string of the molecule is O=C(O)CCc1nc(C(=O)NC2CC2)co1. The number of carboxylic acid groups (broad SMARTS) is 1. The molecule has 86 valence electrons. The lowest BCUT2D eigenvalue weighted by Crippen LogP contribution is -2.25. The van der Waals surface area contributed by atoms with E-state index >= 15 is 0 Å². The van der Waals surface area contributed by atoms with Crippen LogP contribution in [-0.2, 0) is 11.2 Å². The Hall–Kier alpha value is -1.85. The van der Waals surface area contributed by atoms with Crippen molar-refractivity contribution in [1.82, 2.24) is 10.3 Å². The predicted octanol–water partition coefficient (Wildman–Crippen LogP) is 0.584. The summed E-state index contributed by atoms with van der Waals surface area (Å²) in [4.78, 5) is 25.7. The van der Waals surface area contributed by atoms with Gasteiger partial charge in [-0.3, -0.25) is 9.59 Å². The molecule has 1 fully saturated rings. The van der Waals surface area contributed by atoms with Gasteiger partial charge >= 0.3 is 5.97 Å². The molecular weight excluding hydrogens is 212 g/mol. The third-order valence-corrected chi connectivity index (χ3v) is 2.25. The number of carbonyl (C=O) groups is 2. The van der Waals surface area contributed by atoms with Crippen molar-refractivity contribution >= 4 is 11.9 Å². The Labute approximate surface area is 91.7 Å². The normalized spacial score (nSPS) is 14.8. The molecule has 0 atom stereocenters. The number of nitrogens with zero attached hydrogens (tertiary/aromatic N) is 1. The molecular formula is C10H12N2O4. The van der Waals surface area contributed by atoms with Crippen molar-refractivity contribution in [3.63, 3.8) is 0 Å². The number of aliphatic carboxylic acids is 1. The van der Waals surface area contributed by atoms with Crippen LogP contribution in [0.3, 0.4) is 0 Å². The van der Waals surface area contributed by atoms with Crippen LogP contribution in [-0.4, -0.2) is 28.0 Å². The molecule has 0 radical (unpaired) electrons. The molecule has 0 aliphatic heterocycles. The number of nitrogens with one attached hydrogen (secondary N) is 1. The molecule has 1 aromatic heterocycles. The van der Waals surface area contributed by atoms with Gasteiger partial charge in [-0.25, -0.2) is 4.98 Å². The number of amides is 1. The zero-order valence-corrected chi connectivity index (χ0v) is 8.60. The highest BCUT2D eigenvalue weighted by molar-refractivity contribution is 5.92. The van der Waals surface area contributed by atoms with Crippen LogP contribution in [0.15, 0.2) is 10.7 Å². The molecule has 1 saturated carbocycles. The lowest BCUT2D eigenvalue weighted by Gasteiger charge is -1.97. The van der Waals surface area contributed by atoms with E-state index in [1.54, 1.807) is 0 Å². The van der Waals surface area contributed by atoms with E-state index in [0.717, 1.165) is 12.8 Å². The highest BCUT2D eigenvalue weighted by Crippen LogP contribution is 2.19. The third-order valence-electron chi connectivity index (χ3n) is 2.25. The smallest absolute Gasteiger partial charge is 0.303 e. The molecule has 0 unspecified atom stereocenters. The van der Waals surface area contributed by atoms with E-state index in [2.05, 4.69) is 10.3 Å². The van der Waals surface area contributed by atoms with Gasteiger partial charge < -0.3 is 14.8 Å². The van der Waals surface area contributed by atoms with E-state index in [0.29, 0.717) is 0 Å². The van der Waals surface area contributed by atoms with Crippen LogP contribution in [0.5, 0.6) is 0 Å². The lowest BCUT2D eigenvalue weighted by molar-refractivity contribution is -0.137. The minimum atomic E-state index is -0.915. The second kappa shape index (κ2) is 4.34. The lowest BCUT2D eigenvalue weighted by atomic mass is 10.3. The molecule has 1 amide bonds. The predicted molar refractivity (Wildman–Crippen MR) is 52.9 cm³/mol. The molecule has 0 saturated heterocycles. The molecule has 0 aromatic carbocycles. The van der Waals surface area contributed by atoms with E-state index in [1.165, 1.54) is 6.26 Å². The number of hydrogen-bond acceptors (Lipinski definition) is 4. The van der Waals surface area contributed by atoms with Crippen molar-refractivity contribution in [1.29, 1.82) is 0 Å².